The van der Waals surface area contributed by atoms with Gasteiger partial charge in [-0.1, -0.05) is 11.6 Å². The molecule has 1 saturated heterocycles. The van der Waals surface area contributed by atoms with Gasteiger partial charge in [0.05, 0.1) is 53.4 Å². The summed E-state index contributed by atoms with van der Waals surface area (Å²) < 4.78 is 24.0. The number of anilines is 1. The molecule has 4 heterocycles. The Morgan fingerprint density at radius 2 is 2.12 bits per heavy atom. The van der Waals surface area contributed by atoms with E-state index in [0.29, 0.717) is 20.9 Å². The first-order chi connectivity index (χ1) is 16.4. The second-order valence-corrected chi connectivity index (χ2v) is 9.88. The number of pyridine rings is 1. The van der Waals surface area contributed by atoms with E-state index < -0.39 is 29.0 Å². The van der Waals surface area contributed by atoms with Gasteiger partial charge in [-0.05, 0) is 29.7 Å². The molecule has 3 aromatic rings. The van der Waals surface area contributed by atoms with Gasteiger partial charge in [-0.15, -0.1) is 11.8 Å². The Morgan fingerprint density at radius 1 is 1.29 bits per heavy atom. The molecule has 1 fully saturated rings. The number of fused-ring (bicyclic) bond motifs is 2. The summed E-state index contributed by atoms with van der Waals surface area (Å²) in [7, 11) is 1.35. The van der Waals surface area contributed by atoms with Crippen molar-refractivity contribution in [2.75, 3.05) is 18.6 Å². The number of nitrogens with zero attached hydrogens (tertiary/aromatic N) is 5. The normalized spacial score (nSPS) is 19.9. The first kappa shape index (κ1) is 22.6. The monoisotopic (exact) mass is 515 g/mol. The van der Waals surface area contributed by atoms with Crippen LogP contribution in [0.2, 0.25) is 5.02 Å². The van der Waals surface area contributed by atoms with E-state index in [1.54, 1.807) is 18.5 Å². The van der Waals surface area contributed by atoms with Crippen LogP contribution in [0.3, 0.4) is 0 Å². The van der Waals surface area contributed by atoms with Crippen molar-refractivity contribution in [2.45, 2.75) is 17.7 Å². The minimum atomic E-state index is -0.679. The van der Waals surface area contributed by atoms with Crippen LogP contribution < -0.4 is 9.64 Å². The van der Waals surface area contributed by atoms with E-state index in [9.17, 15) is 14.0 Å². The van der Waals surface area contributed by atoms with Crippen molar-refractivity contribution in [1.82, 2.24) is 14.3 Å². The van der Waals surface area contributed by atoms with Crippen LogP contribution in [0.5, 0.6) is 5.75 Å². The van der Waals surface area contributed by atoms with Crippen molar-refractivity contribution < 1.29 is 18.7 Å². The molecule has 1 aromatic carbocycles. The van der Waals surface area contributed by atoms with E-state index in [1.807, 2.05) is 0 Å². The minimum absolute atomic E-state index is 0.0177. The lowest BCUT2D eigenvalue weighted by atomic mass is 10.0. The molecule has 12 heteroatoms. The summed E-state index contributed by atoms with van der Waals surface area (Å²) in [6.45, 7) is 0.136. The van der Waals surface area contributed by atoms with Crippen LogP contribution in [0, 0.1) is 17.1 Å². The fourth-order valence-corrected chi connectivity index (χ4v) is 6.41. The van der Waals surface area contributed by atoms with Gasteiger partial charge >= 0.3 is 6.03 Å². The Bertz CT molecular complexity index is 1400. The smallest absolute Gasteiger partial charge is 0.332 e. The lowest BCUT2D eigenvalue weighted by Gasteiger charge is -2.40. The maximum Gasteiger partial charge on any atom is 0.332 e. The van der Waals surface area contributed by atoms with Crippen molar-refractivity contribution in [3.63, 3.8) is 0 Å². The molecule has 2 atom stereocenters. The molecule has 2 aromatic heterocycles. The molecule has 8 nitrogen and oxygen atoms in total. The Kier molecular flexibility index (Phi) is 5.89. The summed E-state index contributed by atoms with van der Waals surface area (Å²) in [6, 6.07) is 3.55. The Labute approximate surface area is 206 Å². The zero-order chi connectivity index (χ0) is 24.0. The average molecular weight is 516 g/mol. The summed E-state index contributed by atoms with van der Waals surface area (Å²) in [5.74, 6) is -0.994. The van der Waals surface area contributed by atoms with Gasteiger partial charge in [0, 0.05) is 28.6 Å². The molecule has 172 valence electrons. The standard InChI is InChI=1S/C22H15ClFN5O3S2/c1-32-17-5-12(13(23)6-14(17)24)18-7-15-20(33-18)21(30)29(22(31)28(15)4-2-3-25)16-10-26-8-11-9-27-34-19(11)16/h5-10,15,20H,2,4H2,1H3. The summed E-state index contributed by atoms with van der Waals surface area (Å²) >= 11 is 8.72. The zero-order valence-electron chi connectivity index (χ0n) is 17.6. The molecule has 2 aliphatic heterocycles. The van der Waals surface area contributed by atoms with Crippen molar-refractivity contribution >= 4 is 67.5 Å². The molecule has 0 radical (unpaired) electrons. The number of methoxy groups -OCH3 is 1. The number of rotatable bonds is 5. The highest BCUT2D eigenvalue weighted by Gasteiger charge is 2.50. The highest BCUT2D eigenvalue weighted by molar-refractivity contribution is 8.09. The maximum atomic E-state index is 14.1. The van der Waals surface area contributed by atoms with Crippen molar-refractivity contribution in [3.8, 4) is 11.8 Å². The zero-order valence-corrected chi connectivity index (χ0v) is 20.0. The molecule has 0 saturated carbocycles. The lowest BCUT2D eigenvalue weighted by Crippen LogP contribution is -2.62. The van der Waals surface area contributed by atoms with Crippen LogP contribution in [0.4, 0.5) is 14.9 Å². The molecular weight excluding hydrogens is 501 g/mol. The molecular formula is C22H15ClFN5O3S2. The van der Waals surface area contributed by atoms with E-state index in [4.69, 9.17) is 21.6 Å². The highest BCUT2D eigenvalue weighted by Crippen LogP contribution is 2.48. The second kappa shape index (κ2) is 8.87. The number of carbonyl (C=O) groups is 2. The Morgan fingerprint density at radius 3 is 2.88 bits per heavy atom. The molecule has 0 aliphatic carbocycles. The van der Waals surface area contributed by atoms with Crippen LogP contribution in [-0.4, -0.2) is 51.1 Å². The molecule has 34 heavy (non-hydrogen) atoms. The number of urea groups is 1. The van der Waals surface area contributed by atoms with Crippen LogP contribution in [0.15, 0.2) is 36.8 Å². The number of amides is 3. The average Bonchev–Trinajstić information content (AvgIpc) is 3.47. The highest BCUT2D eigenvalue weighted by atomic mass is 35.5. The third-order valence-electron chi connectivity index (χ3n) is 5.60. The van der Waals surface area contributed by atoms with Gasteiger partial charge < -0.3 is 9.64 Å². The molecule has 0 bridgehead atoms. The Hall–Kier alpha value is -3.20. The fraction of sp³-hybridized carbons (Fsp3) is 0.227. The number of hydrogen-bond donors (Lipinski definition) is 0. The van der Waals surface area contributed by atoms with Crippen molar-refractivity contribution in [1.29, 1.82) is 5.26 Å². The quantitative estimate of drug-likeness (QED) is 0.485. The predicted octanol–water partition coefficient (Wildman–Crippen LogP) is 4.70. The lowest BCUT2D eigenvalue weighted by molar-refractivity contribution is -0.119. The predicted molar refractivity (Wildman–Crippen MR) is 128 cm³/mol. The molecule has 0 spiro atoms. The number of thioether (sulfide) groups is 1. The van der Waals surface area contributed by atoms with Gasteiger partial charge in [0.25, 0.3) is 5.91 Å². The Balaban J connectivity index is 1.58. The van der Waals surface area contributed by atoms with E-state index in [1.165, 1.54) is 47.6 Å². The summed E-state index contributed by atoms with van der Waals surface area (Å²) in [4.78, 5) is 34.6. The first-order valence-electron chi connectivity index (χ1n) is 10.1. The fourth-order valence-electron chi connectivity index (χ4n) is 4.02. The number of halogens is 2. The van der Waals surface area contributed by atoms with Crippen LogP contribution >= 0.6 is 34.9 Å². The third kappa shape index (κ3) is 3.58. The van der Waals surface area contributed by atoms with Gasteiger partial charge in [0.2, 0.25) is 0 Å². The molecule has 5 rings (SSSR count). The minimum Gasteiger partial charge on any atom is -0.494 e. The van der Waals surface area contributed by atoms with Gasteiger partial charge in [0.1, 0.15) is 5.25 Å². The number of benzene rings is 1. The molecule has 0 N–H and O–H groups in total. The maximum absolute atomic E-state index is 14.1. The number of carbonyl (C=O) groups excluding carboxylic acids is 2. The number of aromatic nitrogens is 2. The second-order valence-electron chi connectivity index (χ2n) is 7.49. The molecule has 3 amide bonds. The molecule has 2 aliphatic rings. The van der Waals surface area contributed by atoms with Crippen LogP contribution in [-0.2, 0) is 4.79 Å². The van der Waals surface area contributed by atoms with E-state index in [0.717, 1.165) is 16.4 Å². The number of ether oxygens (including phenoxy) is 1. The summed E-state index contributed by atoms with van der Waals surface area (Å²) in [5.41, 5.74) is 0.850. The largest absolute Gasteiger partial charge is 0.494 e. The number of hydrogen-bond acceptors (Lipinski definition) is 8. The SMILES string of the molecule is COc1cc(C2=CC3C(S2)C(=O)N(c2cncc4cnsc24)C(=O)N3CCC#N)c(Cl)cc1F. The van der Waals surface area contributed by atoms with Gasteiger partial charge in [-0.3, -0.25) is 9.78 Å². The van der Waals surface area contributed by atoms with Gasteiger partial charge in [-0.2, -0.15) is 9.64 Å². The molecule has 2 unspecified atom stereocenters. The van der Waals surface area contributed by atoms with Crippen molar-refractivity contribution in [2.24, 2.45) is 0 Å². The van der Waals surface area contributed by atoms with Crippen LogP contribution in [0.25, 0.3) is 15.0 Å². The first-order valence-corrected chi connectivity index (χ1v) is 12.1. The third-order valence-corrected chi connectivity index (χ3v) is 8.10. The number of imide groups is 1. The van der Waals surface area contributed by atoms with Crippen LogP contribution in [0.1, 0.15) is 12.0 Å². The van der Waals surface area contributed by atoms with E-state index in [2.05, 4.69) is 15.4 Å². The number of nitriles is 1. The summed E-state index contributed by atoms with van der Waals surface area (Å²) in [5, 5.41) is 9.35. The topological polar surface area (TPSA) is 99.4 Å². The summed E-state index contributed by atoms with van der Waals surface area (Å²) in [6.07, 6.45) is 6.57. The van der Waals surface area contributed by atoms with E-state index >= 15 is 0 Å². The van der Waals surface area contributed by atoms with Gasteiger partial charge in [0.15, 0.2) is 11.6 Å². The van der Waals surface area contributed by atoms with Gasteiger partial charge in [-0.25, -0.2) is 14.1 Å². The van der Waals surface area contributed by atoms with E-state index in [-0.39, 0.29) is 23.7 Å². The van der Waals surface area contributed by atoms with Crippen molar-refractivity contribution in [3.05, 3.63) is 53.2 Å².